The van der Waals surface area contributed by atoms with Crippen molar-refractivity contribution in [2.45, 2.75) is 6.36 Å². The molecule has 0 fully saturated rings. The Kier molecular flexibility index (Phi) is 3.66. The van der Waals surface area contributed by atoms with E-state index in [9.17, 15) is 18.0 Å². The van der Waals surface area contributed by atoms with Crippen LogP contribution in [0, 0.1) is 0 Å². The second-order valence-electron chi connectivity index (χ2n) is 3.58. The number of rotatable bonds is 3. The van der Waals surface area contributed by atoms with Gasteiger partial charge in [-0.2, -0.15) is 15.4 Å². The second kappa shape index (κ2) is 5.12. The molecule has 0 atom stereocenters. The minimum atomic E-state index is -4.84. The quantitative estimate of drug-likeness (QED) is 0.887. The zero-order chi connectivity index (χ0) is 14.9. The molecule has 106 valence electrons. The van der Waals surface area contributed by atoms with Crippen LogP contribution in [-0.4, -0.2) is 27.7 Å². The van der Waals surface area contributed by atoms with Gasteiger partial charge in [-0.05, 0) is 28.1 Å². The van der Waals surface area contributed by atoms with Crippen LogP contribution in [0.4, 0.5) is 13.2 Å². The van der Waals surface area contributed by atoms with Crippen LogP contribution in [-0.2, 0) is 0 Å². The third kappa shape index (κ3) is 3.07. The Balaban J connectivity index is 2.46. The molecule has 0 unspecified atom stereocenters. The van der Waals surface area contributed by atoms with Crippen LogP contribution in [0.2, 0.25) is 0 Å². The molecule has 3 N–H and O–H groups in total. The highest BCUT2D eigenvalue weighted by Gasteiger charge is 2.32. The standard InChI is InChI=1S/C10H6BrF3N4O2/c11-5-2-1-4(3-6(5)20-10(12,13)14)7-8(9(15)19)17-18-16-7/h1-3H,(H2,15,19)(H,16,17,18). The molecule has 6 nitrogen and oxygen atoms in total. The lowest BCUT2D eigenvalue weighted by molar-refractivity contribution is -0.274. The van der Waals surface area contributed by atoms with Crippen molar-refractivity contribution < 1.29 is 22.7 Å². The number of aromatic amines is 1. The van der Waals surface area contributed by atoms with Crippen LogP contribution in [0.15, 0.2) is 22.7 Å². The molecule has 1 amide bonds. The number of halogens is 4. The monoisotopic (exact) mass is 350 g/mol. The zero-order valence-corrected chi connectivity index (χ0v) is 11.1. The number of nitrogens with zero attached hydrogens (tertiary/aromatic N) is 2. The van der Waals surface area contributed by atoms with Gasteiger partial charge >= 0.3 is 6.36 Å². The molecule has 1 aromatic carbocycles. The van der Waals surface area contributed by atoms with E-state index in [4.69, 9.17) is 5.73 Å². The molecule has 1 aromatic heterocycles. The van der Waals surface area contributed by atoms with Crippen LogP contribution in [0.25, 0.3) is 11.3 Å². The van der Waals surface area contributed by atoms with E-state index < -0.39 is 18.0 Å². The topological polar surface area (TPSA) is 93.9 Å². The highest BCUT2D eigenvalue weighted by Crippen LogP contribution is 2.34. The Labute approximate surface area is 118 Å². The van der Waals surface area contributed by atoms with Gasteiger partial charge in [0.05, 0.1) is 4.47 Å². The Hall–Kier alpha value is -2.10. The molecule has 0 aliphatic rings. The van der Waals surface area contributed by atoms with Gasteiger partial charge in [-0.15, -0.1) is 13.2 Å². The Morgan fingerprint density at radius 1 is 1.35 bits per heavy atom. The molecule has 2 aromatic rings. The fourth-order valence-electron chi connectivity index (χ4n) is 1.46. The molecule has 0 aliphatic heterocycles. The molecule has 0 spiro atoms. The smallest absolute Gasteiger partial charge is 0.405 e. The van der Waals surface area contributed by atoms with Crippen molar-refractivity contribution in [2.24, 2.45) is 5.73 Å². The van der Waals surface area contributed by atoms with Gasteiger partial charge < -0.3 is 10.5 Å². The minimum absolute atomic E-state index is 0.0389. The van der Waals surface area contributed by atoms with Gasteiger partial charge in [0.1, 0.15) is 11.4 Å². The van der Waals surface area contributed by atoms with Crippen molar-refractivity contribution in [1.82, 2.24) is 15.4 Å². The molecular weight excluding hydrogens is 345 g/mol. The normalized spacial score (nSPS) is 11.4. The van der Waals surface area contributed by atoms with Gasteiger partial charge in [-0.1, -0.05) is 6.07 Å². The number of H-pyrrole nitrogens is 1. The van der Waals surface area contributed by atoms with Gasteiger partial charge in [0.15, 0.2) is 5.69 Å². The number of hydrogen-bond acceptors (Lipinski definition) is 4. The summed E-state index contributed by atoms with van der Waals surface area (Å²) in [5.41, 5.74) is 5.15. The number of nitrogens with one attached hydrogen (secondary N) is 1. The third-order valence-electron chi connectivity index (χ3n) is 2.21. The highest BCUT2D eigenvalue weighted by molar-refractivity contribution is 9.10. The SMILES string of the molecule is NC(=O)c1n[nH]nc1-c1ccc(Br)c(OC(F)(F)F)c1. The molecule has 0 saturated carbocycles. The summed E-state index contributed by atoms with van der Waals surface area (Å²) >= 11 is 2.93. The average molecular weight is 351 g/mol. The summed E-state index contributed by atoms with van der Waals surface area (Å²) < 4.78 is 40.7. The Morgan fingerprint density at radius 2 is 2.05 bits per heavy atom. The van der Waals surface area contributed by atoms with Gasteiger partial charge in [0.25, 0.3) is 5.91 Å². The number of carbonyl (C=O) groups excluding carboxylic acids is 1. The summed E-state index contributed by atoms with van der Waals surface area (Å²) in [5.74, 6) is -1.32. The number of aromatic nitrogens is 3. The lowest BCUT2D eigenvalue weighted by Gasteiger charge is -2.11. The average Bonchev–Trinajstić information content (AvgIpc) is 2.79. The first-order valence-electron chi connectivity index (χ1n) is 5.04. The number of amides is 1. The maximum absolute atomic E-state index is 12.3. The van der Waals surface area contributed by atoms with Crippen molar-refractivity contribution in [3.63, 3.8) is 0 Å². The van der Waals surface area contributed by atoms with E-state index in [0.29, 0.717) is 0 Å². The van der Waals surface area contributed by atoms with Gasteiger partial charge in [-0.25, -0.2) is 0 Å². The lowest BCUT2D eigenvalue weighted by Crippen LogP contribution is -2.17. The number of nitrogens with two attached hydrogens (primary N) is 1. The van der Waals surface area contributed by atoms with Crippen LogP contribution < -0.4 is 10.5 Å². The summed E-state index contributed by atoms with van der Waals surface area (Å²) in [7, 11) is 0. The summed E-state index contributed by atoms with van der Waals surface area (Å²) in [6, 6.07) is 3.84. The van der Waals surface area contributed by atoms with Crippen molar-refractivity contribution >= 4 is 21.8 Å². The van der Waals surface area contributed by atoms with Crippen LogP contribution >= 0.6 is 15.9 Å². The van der Waals surface area contributed by atoms with Crippen molar-refractivity contribution in [3.05, 3.63) is 28.4 Å². The van der Waals surface area contributed by atoms with Crippen LogP contribution in [0.1, 0.15) is 10.5 Å². The largest absolute Gasteiger partial charge is 0.573 e. The maximum atomic E-state index is 12.3. The summed E-state index contributed by atoms with van der Waals surface area (Å²) in [6.45, 7) is 0. The second-order valence-corrected chi connectivity index (χ2v) is 4.43. The Morgan fingerprint density at radius 3 is 2.65 bits per heavy atom. The predicted octanol–water partition coefficient (Wildman–Crippen LogP) is 2.23. The molecule has 0 radical (unpaired) electrons. The number of carbonyl (C=O) groups is 1. The first kappa shape index (κ1) is 14.3. The molecule has 10 heteroatoms. The summed E-state index contributed by atoms with van der Waals surface area (Å²) in [6.07, 6.45) is -4.84. The van der Waals surface area contributed by atoms with Crippen LogP contribution in [0.5, 0.6) is 5.75 Å². The van der Waals surface area contributed by atoms with Crippen LogP contribution in [0.3, 0.4) is 0 Å². The summed E-state index contributed by atoms with van der Waals surface area (Å²) in [5, 5.41) is 9.40. The zero-order valence-electron chi connectivity index (χ0n) is 9.53. The van der Waals surface area contributed by atoms with E-state index in [1.54, 1.807) is 0 Å². The number of primary amides is 1. The van der Waals surface area contributed by atoms with E-state index in [1.165, 1.54) is 12.1 Å². The highest BCUT2D eigenvalue weighted by atomic mass is 79.9. The summed E-state index contributed by atoms with van der Waals surface area (Å²) in [4.78, 5) is 11.1. The first-order valence-corrected chi connectivity index (χ1v) is 5.83. The molecule has 0 aliphatic carbocycles. The van der Waals surface area contributed by atoms with E-state index in [2.05, 4.69) is 36.1 Å². The van der Waals surface area contributed by atoms with Crippen molar-refractivity contribution in [2.75, 3.05) is 0 Å². The maximum Gasteiger partial charge on any atom is 0.573 e. The Bertz CT molecular complexity index is 656. The lowest BCUT2D eigenvalue weighted by atomic mass is 10.1. The molecular formula is C10H6BrF3N4O2. The number of ether oxygens (including phenoxy) is 1. The van der Waals surface area contributed by atoms with Gasteiger partial charge in [0.2, 0.25) is 0 Å². The molecule has 20 heavy (non-hydrogen) atoms. The predicted molar refractivity (Wildman–Crippen MR) is 64.7 cm³/mol. The van der Waals surface area contributed by atoms with Crippen molar-refractivity contribution in [3.8, 4) is 17.0 Å². The van der Waals surface area contributed by atoms with E-state index in [1.807, 2.05) is 0 Å². The van der Waals surface area contributed by atoms with Gasteiger partial charge in [0, 0.05) is 5.56 Å². The molecule has 0 saturated heterocycles. The van der Waals surface area contributed by atoms with Gasteiger partial charge in [-0.3, -0.25) is 4.79 Å². The van der Waals surface area contributed by atoms with Crippen molar-refractivity contribution in [1.29, 1.82) is 0 Å². The first-order chi connectivity index (χ1) is 9.28. The van der Waals surface area contributed by atoms with E-state index in [0.717, 1.165) is 6.07 Å². The van der Waals surface area contributed by atoms with E-state index in [-0.39, 0.29) is 21.4 Å². The fraction of sp³-hybridized carbons (Fsp3) is 0.100. The van der Waals surface area contributed by atoms with E-state index >= 15 is 0 Å². The molecule has 0 bridgehead atoms. The third-order valence-corrected chi connectivity index (χ3v) is 2.87. The minimum Gasteiger partial charge on any atom is -0.405 e. The number of benzene rings is 1. The number of alkyl halides is 3. The fourth-order valence-corrected chi connectivity index (χ4v) is 1.79. The molecule has 1 heterocycles. The molecule has 2 rings (SSSR count). The number of hydrogen-bond donors (Lipinski definition) is 2.